The molecule has 0 saturated heterocycles. The molecule has 0 bridgehead atoms. The Labute approximate surface area is 88.6 Å². The van der Waals surface area contributed by atoms with Gasteiger partial charge in [-0.3, -0.25) is 4.79 Å². The van der Waals surface area contributed by atoms with Gasteiger partial charge in [-0.15, -0.1) is 0 Å². The van der Waals surface area contributed by atoms with E-state index < -0.39 is 11.6 Å². The van der Waals surface area contributed by atoms with E-state index in [0.29, 0.717) is 0 Å². The van der Waals surface area contributed by atoms with E-state index in [4.69, 9.17) is 9.84 Å². The summed E-state index contributed by atoms with van der Waals surface area (Å²) in [4.78, 5) is 11.3. The summed E-state index contributed by atoms with van der Waals surface area (Å²) in [5.41, 5.74) is -0.151. The lowest BCUT2D eigenvalue weighted by Gasteiger charge is -2.07. The molecule has 0 fully saturated rings. The van der Waals surface area contributed by atoms with Crippen molar-refractivity contribution in [3.05, 3.63) is 23.5 Å². The van der Waals surface area contributed by atoms with E-state index in [9.17, 15) is 9.18 Å². The van der Waals surface area contributed by atoms with Gasteiger partial charge in [0.05, 0.1) is 18.0 Å². The number of phenols is 1. The van der Waals surface area contributed by atoms with Gasteiger partial charge in [0.2, 0.25) is 0 Å². The zero-order chi connectivity index (χ0) is 10.7. The monoisotopic (exact) mass is 262 g/mol. The summed E-state index contributed by atoms with van der Waals surface area (Å²) in [6, 6.07) is 2.07. The molecular formula is C9H8BrFO3. The topological polar surface area (TPSA) is 46.5 Å². The molecule has 0 spiro atoms. The second-order valence-electron chi connectivity index (χ2n) is 2.56. The summed E-state index contributed by atoms with van der Waals surface area (Å²) >= 11 is 2.93. The van der Waals surface area contributed by atoms with E-state index in [0.717, 1.165) is 6.07 Å². The molecule has 0 aliphatic heterocycles. The molecular weight excluding hydrogens is 255 g/mol. The highest BCUT2D eigenvalue weighted by Gasteiger charge is 2.17. The molecule has 5 heteroatoms. The van der Waals surface area contributed by atoms with Crippen molar-refractivity contribution in [1.82, 2.24) is 0 Å². The number of aromatic hydroxyl groups is 1. The maximum Gasteiger partial charge on any atom is 0.180 e. The molecule has 76 valence electrons. The van der Waals surface area contributed by atoms with Crippen molar-refractivity contribution in [2.45, 2.75) is 0 Å². The number of hydrogen-bond donors (Lipinski definition) is 1. The second kappa shape index (κ2) is 4.41. The smallest absolute Gasteiger partial charge is 0.180 e. The molecule has 0 unspecified atom stereocenters. The Morgan fingerprint density at radius 3 is 2.79 bits per heavy atom. The number of rotatable bonds is 3. The Morgan fingerprint density at radius 1 is 1.64 bits per heavy atom. The van der Waals surface area contributed by atoms with Crippen LogP contribution in [0.2, 0.25) is 0 Å². The molecule has 0 aromatic heterocycles. The van der Waals surface area contributed by atoms with Gasteiger partial charge in [0.25, 0.3) is 0 Å². The minimum Gasteiger partial charge on any atom is -0.508 e. The van der Waals surface area contributed by atoms with Crippen molar-refractivity contribution in [3.8, 4) is 11.5 Å². The van der Waals surface area contributed by atoms with Gasteiger partial charge < -0.3 is 9.84 Å². The van der Waals surface area contributed by atoms with Crippen LogP contribution in [0.15, 0.2) is 12.1 Å². The number of methoxy groups -OCH3 is 1. The molecule has 0 radical (unpaired) electrons. The second-order valence-corrected chi connectivity index (χ2v) is 3.12. The number of carbonyl (C=O) groups is 1. The molecule has 1 rings (SSSR count). The third-order valence-corrected chi connectivity index (χ3v) is 2.17. The highest BCUT2D eigenvalue weighted by molar-refractivity contribution is 9.09. The van der Waals surface area contributed by atoms with Crippen LogP contribution >= 0.6 is 15.9 Å². The molecule has 1 N–H and O–H groups in total. The van der Waals surface area contributed by atoms with Crippen molar-refractivity contribution in [2.75, 3.05) is 12.4 Å². The van der Waals surface area contributed by atoms with E-state index in [1.807, 2.05) is 0 Å². The van der Waals surface area contributed by atoms with Crippen LogP contribution in [0.5, 0.6) is 11.5 Å². The molecule has 0 amide bonds. The van der Waals surface area contributed by atoms with Crippen LogP contribution in [0.4, 0.5) is 4.39 Å². The van der Waals surface area contributed by atoms with Gasteiger partial charge in [-0.1, -0.05) is 15.9 Å². The van der Waals surface area contributed by atoms with Crippen molar-refractivity contribution < 1.29 is 19.0 Å². The maximum atomic E-state index is 13.3. The first-order valence-electron chi connectivity index (χ1n) is 3.75. The van der Waals surface area contributed by atoms with Crippen molar-refractivity contribution >= 4 is 21.7 Å². The molecule has 1 aromatic rings. The average molecular weight is 263 g/mol. The van der Waals surface area contributed by atoms with Crippen LogP contribution in [0.3, 0.4) is 0 Å². The Morgan fingerprint density at radius 2 is 2.29 bits per heavy atom. The van der Waals surface area contributed by atoms with Gasteiger partial charge in [0, 0.05) is 12.1 Å². The van der Waals surface area contributed by atoms with Crippen LogP contribution in [0, 0.1) is 5.82 Å². The molecule has 0 heterocycles. The lowest BCUT2D eigenvalue weighted by Crippen LogP contribution is -2.06. The Kier molecular flexibility index (Phi) is 3.46. The molecule has 0 aliphatic rings. The quantitative estimate of drug-likeness (QED) is 0.671. The van der Waals surface area contributed by atoms with E-state index in [1.165, 1.54) is 13.2 Å². The Balaban J connectivity index is 3.32. The summed E-state index contributed by atoms with van der Waals surface area (Å²) in [5, 5.41) is 9.07. The van der Waals surface area contributed by atoms with E-state index in [2.05, 4.69) is 15.9 Å². The van der Waals surface area contributed by atoms with E-state index in [1.54, 1.807) is 0 Å². The fourth-order valence-electron chi connectivity index (χ4n) is 1.07. The first-order valence-corrected chi connectivity index (χ1v) is 4.88. The normalized spacial score (nSPS) is 9.93. The number of benzene rings is 1. The zero-order valence-corrected chi connectivity index (χ0v) is 8.97. The van der Waals surface area contributed by atoms with Crippen LogP contribution in [0.25, 0.3) is 0 Å². The number of alkyl halides is 1. The number of carbonyl (C=O) groups excluding carboxylic acids is 1. The number of ketones is 1. The minimum atomic E-state index is -0.786. The van der Waals surface area contributed by atoms with Crippen molar-refractivity contribution in [3.63, 3.8) is 0 Å². The number of halogens is 2. The maximum absolute atomic E-state index is 13.3. The van der Waals surface area contributed by atoms with Crippen LogP contribution in [0.1, 0.15) is 10.4 Å². The molecule has 0 aliphatic carbocycles. The van der Waals surface area contributed by atoms with Gasteiger partial charge in [0.15, 0.2) is 5.78 Å². The summed E-state index contributed by atoms with van der Waals surface area (Å²) in [6.45, 7) is 0. The fourth-order valence-corrected chi connectivity index (χ4v) is 1.35. The van der Waals surface area contributed by atoms with Gasteiger partial charge in [-0.05, 0) is 0 Å². The van der Waals surface area contributed by atoms with Crippen LogP contribution in [-0.4, -0.2) is 23.3 Å². The summed E-state index contributed by atoms with van der Waals surface area (Å²) in [5.74, 6) is -1.46. The van der Waals surface area contributed by atoms with Gasteiger partial charge in [-0.25, -0.2) is 4.39 Å². The third-order valence-electron chi connectivity index (χ3n) is 1.66. The molecule has 0 saturated carbocycles. The SMILES string of the molecule is COc1cc(O)cc(F)c1C(=O)CBr. The van der Waals surface area contributed by atoms with E-state index in [-0.39, 0.29) is 22.4 Å². The molecule has 14 heavy (non-hydrogen) atoms. The predicted octanol–water partition coefficient (Wildman–Crippen LogP) is 2.12. The highest BCUT2D eigenvalue weighted by atomic mass is 79.9. The number of phenolic OH excluding ortho intramolecular Hbond substituents is 1. The van der Waals surface area contributed by atoms with Crippen molar-refractivity contribution in [1.29, 1.82) is 0 Å². The summed E-state index contributed by atoms with van der Waals surface area (Å²) in [7, 11) is 1.30. The fraction of sp³-hybridized carbons (Fsp3) is 0.222. The molecule has 3 nitrogen and oxygen atoms in total. The lowest BCUT2D eigenvalue weighted by molar-refractivity contribution is 0.101. The van der Waals surface area contributed by atoms with Crippen LogP contribution < -0.4 is 4.74 Å². The Hall–Kier alpha value is -1.10. The first kappa shape index (κ1) is 11.0. The standard InChI is InChI=1S/C9H8BrFO3/c1-14-8-3-5(12)2-6(11)9(8)7(13)4-10/h2-3,12H,4H2,1H3. The number of Topliss-reactive ketones (excluding diaryl/α,β-unsaturated/α-hetero) is 1. The number of hydrogen-bond acceptors (Lipinski definition) is 3. The van der Waals surface area contributed by atoms with Gasteiger partial charge in [-0.2, -0.15) is 0 Å². The van der Waals surface area contributed by atoms with Crippen molar-refractivity contribution in [2.24, 2.45) is 0 Å². The van der Waals surface area contributed by atoms with Crippen LogP contribution in [-0.2, 0) is 0 Å². The minimum absolute atomic E-state index is 0.00502. The lowest BCUT2D eigenvalue weighted by atomic mass is 10.1. The average Bonchev–Trinajstić information content (AvgIpc) is 2.15. The van der Waals surface area contributed by atoms with Gasteiger partial charge in [0.1, 0.15) is 17.3 Å². The largest absolute Gasteiger partial charge is 0.508 e. The molecule has 0 atom stereocenters. The predicted molar refractivity (Wildman–Crippen MR) is 52.7 cm³/mol. The number of ether oxygens (including phenoxy) is 1. The summed E-state index contributed by atoms with van der Waals surface area (Å²) in [6.07, 6.45) is 0. The third kappa shape index (κ3) is 2.04. The Bertz CT molecular complexity index is 365. The highest BCUT2D eigenvalue weighted by Crippen LogP contribution is 2.27. The van der Waals surface area contributed by atoms with Gasteiger partial charge >= 0.3 is 0 Å². The zero-order valence-electron chi connectivity index (χ0n) is 7.38. The summed E-state index contributed by atoms with van der Waals surface area (Å²) < 4.78 is 18.0. The van der Waals surface area contributed by atoms with E-state index >= 15 is 0 Å². The first-order chi connectivity index (χ1) is 6.60. The molecule has 1 aromatic carbocycles.